The third kappa shape index (κ3) is 4.65. The Labute approximate surface area is 200 Å². The molecule has 0 bridgehead atoms. The summed E-state index contributed by atoms with van der Waals surface area (Å²) < 4.78 is 2.33. The molecule has 2 N–H and O–H groups in total. The molecular weight excluding hydrogens is 496 g/mol. The van der Waals surface area contributed by atoms with Crippen LogP contribution in [0.4, 0.5) is 0 Å². The van der Waals surface area contributed by atoms with E-state index in [0.717, 1.165) is 9.35 Å². The molecule has 0 aromatic carbocycles. The molecule has 32 heavy (non-hydrogen) atoms. The Balaban J connectivity index is 1.37. The smallest absolute Gasteiger partial charge is 0.352 e. The van der Waals surface area contributed by atoms with Crippen molar-refractivity contribution in [1.82, 2.24) is 30.2 Å². The predicted molar refractivity (Wildman–Crippen MR) is 122 cm³/mol. The van der Waals surface area contributed by atoms with Crippen molar-refractivity contribution in [3.8, 4) is 0 Å². The Kier molecular flexibility index (Phi) is 6.79. The number of β-lactam (4-membered cyclic amide) rings is 1. The molecule has 10 nitrogen and oxygen atoms in total. The Hall–Kier alpha value is -2.09. The van der Waals surface area contributed by atoms with Gasteiger partial charge in [0.25, 0.3) is 5.91 Å². The van der Waals surface area contributed by atoms with E-state index in [0.29, 0.717) is 34.3 Å². The average Bonchev–Trinajstić information content (AvgIpc) is 3.32. The third-order valence-electron chi connectivity index (χ3n) is 4.90. The summed E-state index contributed by atoms with van der Waals surface area (Å²) in [5.74, 6) is -1.01. The van der Waals surface area contributed by atoms with Crippen LogP contribution in [-0.4, -0.2) is 70.7 Å². The van der Waals surface area contributed by atoms with E-state index in [4.69, 9.17) is 11.6 Å². The van der Waals surface area contributed by atoms with Gasteiger partial charge in [0.15, 0.2) is 4.34 Å². The highest BCUT2D eigenvalue weighted by molar-refractivity contribution is 8.01. The van der Waals surface area contributed by atoms with Gasteiger partial charge in [-0.2, -0.15) is 5.10 Å². The van der Waals surface area contributed by atoms with Crippen molar-refractivity contribution in [1.29, 1.82) is 0 Å². The molecule has 0 radical (unpaired) electrons. The molecular formula is C18H19ClN6O4S3. The summed E-state index contributed by atoms with van der Waals surface area (Å²) in [6, 6.07) is -0.746. The Morgan fingerprint density at radius 1 is 1.38 bits per heavy atom. The molecule has 14 heteroatoms. The zero-order chi connectivity index (χ0) is 23.0. The molecule has 1 fully saturated rings. The number of carboxylic acids is 1. The third-order valence-corrected chi connectivity index (χ3v) is 8.67. The highest BCUT2D eigenvalue weighted by Crippen LogP contribution is 2.41. The molecule has 2 aliphatic rings. The number of carbonyl (C=O) groups excluding carboxylic acids is 2. The number of halogens is 1. The molecule has 170 valence electrons. The van der Waals surface area contributed by atoms with E-state index < -0.39 is 23.3 Å². The molecule has 2 aromatic rings. The van der Waals surface area contributed by atoms with Crippen LogP contribution in [0.2, 0.25) is 5.02 Å². The van der Waals surface area contributed by atoms with Crippen LogP contribution in [0.3, 0.4) is 0 Å². The van der Waals surface area contributed by atoms with Crippen molar-refractivity contribution in [2.75, 3.05) is 11.5 Å². The number of thioether (sulfide) groups is 2. The van der Waals surface area contributed by atoms with Crippen LogP contribution in [0.1, 0.15) is 17.1 Å². The maximum absolute atomic E-state index is 12.7. The summed E-state index contributed by atoms with van der Waals surface area (Å²) in [7, 11) is 0. The van der Waals surface area contributed by atoms with Gasteiger partial charge >= 0.3 is 5.97 Å². The van der Waals surface area contributed by atoms with Crippen LogP contribution in [0, 0.1) is 13.8 Å². The molecule has 2 aliphatic heterocycles. The molecule has 1 saturated heterocycles. The number of carbonyl (C=O) groups is 3. The summed E-state index contributed by atoms with van der Waals surface area (Å²) in [5.41, 5.74) is 1.33. The standard InChI is InChI=1S/C18H19ClN6O4S3/c1-8-11(19)5-24(23-8)4-3-12(26)20-13-15(27)25-14(17(28)29)10(6-30-16(13)25)7-31-18-22-21-9(2)32-18/h5,13,16H,3-4,6-7H2,1-2H3,(H,20,26)(H,28,29)/t13-,16-/m1/s1. The first-order valence-corrected chi connectivity index (χ1v) is 12.8. The topological polar surface area (TPSA) is 130 Å². The molecule has 0 aliphatic carbocycles. The number of nitrogens with zero attached hydrogens (tertiary/aromatic N) is 5. The summed E-state index contributed by atoms with van der Waals surface area (Å²) in [4.78, 5) is 38.3. The number of nitrogens with one attached hydrogen (secondary N) is 1. The first kappa shape index (κ1) is 23.1. The molecule has 2 atom stereocenters. The Morgan fingerprint density at radius 3 is 2.78 bits per heavy atom. The summed E-state index contributed by atoms with van der Waals surface area (Å²) in [6.45, 7) is 3.95. The van der Waals surface area contributed by atoms with E-state index in [1.165, 1.54) is 39.8 Å². The van der Waals surface area contributed by atoms with Crippen LogP contribution < -0.4 is 5.32 Å². The minimum Gasteiger partial charge on any atom is -0.477 e. The minimum absolute atomic E-state index is 0.000329. The fourth-order valence-corrected chi connectivity index (χ4v) is 6.80. The van der Waals surface area contributed by atoms with Crippen molar-refractivity contribution in [3.63, 3.8) is 0 Å². The normalized spacial score (nSPS) is 20.2. The van der Waals surface area contributed by atoms with Crippen LogP contribution in [0.5, 0.6) is 0 Å². The Morgan fingerprint density at radius 2 is 2.16 bits per heavy atom. The second-order valence-corrected chi connectivity index (χ2v) is 11.1. The number of aryl methyl sites for hydroxylation is 3. The lowest BCUT2D eigenvalue weighted by molar-refractivity contribution is -0.150. The number of rotatable bonds is 8. The summed E-state index contributed by atoms with van der Waals surface area (Å²) in [6.07, 6.45) is 1.77. The van der Waals surface area contributed by atoms with Crippen LogP contribution in [0.15, 0.2) is 21.8 Å². The number of fused-ring (bicyclic) bond motifs is 1. The predicted octanol–water partition coefficient (Wildman–Crippen LogP) is 1.93. The lowest BCUT2D eigenvalue weighted by atomic mass is 10.0. The van der Waals surface area contributed by atoms with E-state index in [9.17, 15) is 19.5 Å². The first-order chi connectivity index (χ1) is 15.2. The van der Waals surface area contributed by atoms with Crippen molar-refractivity contribution >= 4 is 64.2 Å². The van der Waals surface area contributed by atoms with Gasteiger partial charge in [0, 0.05) is 30.7 Å². The van der Waals surface area contributed by atoms with Crippen molar-refractivity contribution < 1.29 is 19.5 Å². The van der Waals surface area contributed by atoms with Crippen molar-refractivity contribution in [2.24, 2.45) is 0 Å². The Bertz CT molecular complexity index is 1100. The van der Waals surface area contributed by atoms with Crippen molar-refractivity contribution in [2.45, 2.75) is 42.6 Å². The fourth-order valence-electron chi connectivity index (χ4n) is 3.35. The highest BCUT2D eigenvalue weighted by Gasteiger charge is 2.54. The van der Waals surface area contributed by atoms with E-state index in [-0.39, 0.29) is 18.0 Å². The monoisotopic (exact) mass is 514 g/mol. The van der Waals surface area contributed by atoms with Gasteiger partial charge in [-0.1, -0.05) is 34.7 Å². The number of aromatic nitrogens is 4. The first-order valence-electron chi connectivity index (χ1n) is 9.56. The van der Waals surface area contributed by atoms with E-state index in [1.54, 1.807) is 17.8 Å². The lowest BCUT2D eigenvalue weighted by Gasteiger charge is -2.49. The van der Waals surface area contributed by atoms with Gasteiger partial charge in [-0.15, -0.1) is 22.0 Å². The number of carboxylic acid groups (broad SMARTS) is 1. The zero-order valence-electron chi connectivity index (χ0n) is 17.1. The molecule has 2 amide bonds. The van der Waals surface area contributed by atoms with E-state index in [2.05, 4.69) is 20.6 Å². The quantitative estimate of drug-likeness (QED) is 0.400. The van der Waals surface area contributed by atoms with Crippen LogP contribution in [-0.2, 0) is 20.9 Å². The average molecular weight is 515 g/mol. The number of hydrogen-bond donors (Lipinski definition) is 2. The van der Waals surface area contributed by atoms with E-state index in [1.807, 2.05) is 6.92 Å². The van der Waals surface area contributed by atoms with Gasteiger partial charge in [-0.3, -0.25) is 19.2 Å². The maximum Gasteiger partial charge on any atom is 0.352 e. The number of amides is 2. The van der Waals surface area contributed by atoms with Gasteiger partial charge in [-0.05, 0) is 19.4 Å². The molecule has 4 rings (SSSR count). The molecule has 0 unspecified atom stereocenters. The molecule has 0 spiro atoms. The summed E-state index contributed by atoms with van der Waals surface area (Å²) in [5, 5.41) is 25.6. The summed E-state index contributed by atoms with van der Waals surface area (Å²) >= 11 is 10.3. The van der Waals surface area contributed by atoms with Gasteiger partial charge in [-0.25, -0.2) is 4.79 Å². The fraction of sp³-hybridized carbons (Fsp3) is 0.444. The van der Waals surface area contributed by atoms with Crippen molar-refractivity contribution in [3.05, 3.63) is 33.2 Å². The zero-order valence-corrected chi connectivity index (χ0v) is 20.3. The minimum atomic E-state index is -1.15. The molecule has 4 heterocycles. The van der Waals surface area contributed by atoms with Gasteiger partial charge in [0.05, 0.1) is 10.7 Å². The highest BCUT2D eigenvalue weighted by atomic mass is 35.5. The maximum atomic E-state index is 12.7. The van der Waals surface area contributed by atoms with Gasteiger partial charge in [0.2, 0.25) is 5.91 Å². The molecule has 0 saturated carbocycles. The van der Waals surface area contributed by atoms with Crippen LogP contribution in [0.25, 0.3) is 0 Å². The largest absolute Gasteiger partial charge is 0.477 e. The lowest BCUT2D eigenvalue weighted by Crippen LogP contribution is -2.70. The van der Waals surface area contributed by atoms with Gasteiger partial charge in [0.1, 0.15) is 22.1 Å². The second-order valence-electron chi connectivity index (χ2n) is 7.16. The SMILES string of the molecule is Cc1nnc(SCC2=C(C(=O)O)N3C(=O)[C@@H](NC(=O)CCn4cc(Cl)c(C)n4)[C@H]3SC2)s1. The van der Waals surface area contributed by atoms with E-state index >= 15 is 0 Å². The number of hydrogen-bond acceptors (Lipinski definition) is 9. The number of aliphatic carboxylic acids is 1. The van der Waals surface area contributed by atoms with Crippen LogP contribution >= 0.6 is 46.5 Å². The van der Waals surface area contributed by atoms with Gasteiger partial charge < -0.3 is 10.4 Å². The molecule has 2 aromatic heterocycles. The second kappa shape index (κ2) is 9.41.